The Kier molecular flexibility index (Phi) is 4.43. The molecule has 24 heavy (non-hydrogen) atoms. The van der Waals surface area contributed by atoms with Gasteiger partial charge in [0.2, 0.25) is 10.0 Å². The SMILES string of the molecule is Cc1ccccc1S(=O)(=O)NCCc1ccc2c(c1)nc(C)n2C. The van der Waals surface area contributed by atoms with E-state index in [2.05, 4.69) is 9.71 Å². The van der Waals surface area contributed by atoms with Crippen molar-refractivity contribution >= 4 is 21.1 Å². The Morgan fingerprint density at radius 3 is 2.62 bits per heavy atom. The average molecular weight is 343 g/mol. The van der Waals surface area contributed by atoms with E-state index in [0.29, 0.717) is 17.9 Å². The molecule has 3 aromatic rings. The number of benzene rings is 2. The maximum Gasteiger partial charge on any atom is 0.240 e. The van der Waals surface area contributed by atoms with Crippen molar-refractivity contribution in [2.75, 3.05) is 6.54 Å². The van der Waals surface area contributed by atoms with Crippen LogP contribution in [0.15, 0.2) is 47.4 Å². The maximum atomic E-state index is 12.4. The number of hydrogen-bond donors (Lipinski definition) is 1. The van der Waals surface area contributed by atoms with E-state index in [1.807, 2.05) is 42.8 Å². The fraction of sp³-hybridized carbons (Fsp3) is 0.278. The minimum Gasteiger partial charge on any atom is -0.331 e. The van der Waals surface area contributed by atoms with Crippen LogP contribution in [-0.4, -0.2) is 24.5 Å². The van der Waals surface area contributed by atoms with Crippen molar-refractivity contribution < 1.29 is 8.42 Å². The molecule has 0 unspecified atom stereocenters. The summed E-state index contributed by atoms with van der Waals surface area (Å²) in [4.78, 5) is 4.85. The molecule has 1 aromatic heterocycles. The summed E-state index contributed by atoms with van der Waals surface area (Å²) in [6.45, 7) is 4.12. The molecule has 0 aliphatic carbocycles. The van der Waals surface area contributed by atoms with Crippen LogP contribution in [0.3, 0.4) is 0 Å². The highest BCUT2D eigenvalue weighted by atomic mass is 32.2. The van der Waals surface area contributed by atoms with E-state index in [0.717, 1.165) is 28.0 Å². The van der Waals surface area contributed by atoms with Gasteiger partial charge < -0.3 is 4.57 Å². The number of rotatable bonds is 5. The number of nitrogens with one attached hydrogen (secondary N) is 1. The molecule has 0 aliphatic heterocycles. The molecule has 0 atom stereocenters. The summed E-state index contributed by atoms with van der Waals surface area (Å²) in [5, 5.41) is 0. The topological polar surface area (TPSA) is 64.0 Å². The fourth-order valence-corrected chi connectivity index (χ4v) is 4.06. The van der Waals surface area contributed by atoms with Crippen LogP contribution < -0.4 is 4.72 Å². The molecule has 1 heterocycles. The summed E-state index contributed by atoms with van der Waals surface area (Å²) in [7, 11) is -1.49. The van der Waals surface area contributed by atoms with Gasteiger partial charge in [-0.05, 0) is 49.6 Å². The Bertz CT molecular complexity index is 991. The smallest absolute Gasteiger partial charge is 0.240 e. The highest BCUT2D eigenvalue weighted by Crippen LogP contribution is 2.17. The lowest BCUT2D eigenvalue weighted by molar-refractivity contribution is 0.581. The maximum absolute atomic E-state index is 12.4. The zero-order valence-corrected chi connectivity index (χ0v) is 14.9. The minimum atomic E-state index is -3.48. The van der Waals surface area contributed by atoms with Gasteiger partial charge in [-0.3, -0.25) is 0 Å². The lowest BCUT2D eigenvalue weighted by Gasteiger charge is -2.09. The Hall–Kier alpha value is -2.18. The Morgan fingerprint density at radius 1 is 1.12 bits per heavy atom. The first-order valence-electron chi connectivity index (χ1n) is 7.86. The second-order valence-electron chi connectivity index (χ2n) is 5.95. The van der Waals surface area contributed by atoms with Gasteiger partial charge in [-0.15, -0.1) is 0 Å². The van der Waals surface area contributed by atoms with Crippen molar-refractivity contribution in [2.45, 2.75) is 25.2 Å². The first kappa shape index (κ1) is 16.7. The van der Waals surface area contributed by atoms with Gasteiger partial charge in [-0.1, -0.05) is 24.3 Å². The van der Waals surface area contributed by atoms with E-state index in [-0.39, 0.29) is 0 Å². The predicted octanol–water partition coefficient (Wildman–Crippen LogP) is 2.71. The summed E-state index contributed by atoms with van der Waals surface area (Å²) >= 11 is 0. The quantitative estimate of drug-likeness (QED) is 0.775. The molecule has 0 bridgehead atoms. The van der Waals surface area contributed by atoms with Crippen LogP contribution in [0.5, 0.6) is 0 Å². The van der Waals surface area contributed by atoms with Crippen molar-refractivity contribution in [2.24, 2.45) is 7.05 Å². The number of imidazole rings is 1. The van der Waals surface area contributed by atoms with Gasteiger partial charge >= 0.3 is 0 Å². The standard InChI is InChI=1S/C18H21N3O2S/c1-13-6-4-5-7-18(13)24(22,23)19-11-10-15-8-9-17-16(12-15)20-14(2)21(17)3/h4-9,12,19H,10-11H2,1-3H3. The molecule has 3 rings (SSSR count). The van der Waals surface area contributed by atoms with E-state index in [4.69, 9.17) is 0 Å². The summed E-state index contributed by atoms with van der Waals surface area (Å²) in [5.41, 5.74) is 3.83. The zero-order valence-electron chi connectivity index (χ0n) is 14.1. The molecule has 2 aromatic carbocycles. The number of nitrogens with zero attached hydrogens (tertiary/aromatic N) is 2. The number of aromatic nitrogens is 2. The molecule has 0 radical (unpaired) electrons. The van der Waals surface area contributed by atoms with Gasteiger partial charge in [0.25, 0.3) is 0 Å². The van der Waals surface area contributed by atoms with Crippen LogP contribution in [-0.2, 0) is 23.5 Å². The van der Waals surface area contributed by atoms with Gasteiger partial charge in [-0.25, -0.2) is 18.1 Å². The first-order valence-corrected chi connectivity index (χ1v) is 9.34. The summed E-state index contributed by atoms with van der Waals surface area (Å²) in [6.07, 6.45) is 0.622. The van der Waals surface area contributed by atoms with Gasteiger partial charge in [0, 0.05) is 13.6 Å². The second-order valence-corrected chi connectivity index (χ2v) is 7.69. The van der Waals surface area contributed by atoms with Gasteiger partial charge in [0.1, 0.15) is 5.82 Å². The number of aryl methyl sites for hydroxylation is 3. The number of hydrogen-bond acceptors (Lipinski definition) is 3. The summed E-state index contributed by atoms with van der Waals surface area (Å²) in [6, 6.07) is 13.1. The normalized spacial score (nSPS) is 12.0. The molecule has 0 saturated heterocycles. The fourth-order valence-electron chi connectivity index (χ4n) is 2.79. The molecule has 0 spiro atoms. The van der Waals surface area contributed by atoms with E-state index in [9.17, 15) is 8.42 Å². The number of sulfonamides is 1. The van der Waals surface area contributed by atoms with Gasteiger partial charge in [0.05, 0.1) is 15.9 Å². The summed E-state index contributed by atoms with van der Waals surface area (Å²) < 4.78 is 29.5. The molecule has 1 N–H and O–H groups in total. The highest BCUT2D eigenvalue weighted by molar-refractivity contribution is 7.89. The third-order valence-corrected chi connectivity index (χ3v) is 5.88. The van der Waals surface area contributed by atoms with Crippen LogP contribution in [0, 0.1) is 13.8 Å². The van der Waals surface area contributed by atoms with Crippen LogP contribution in [0.25, 0.3) is 11.0 Å². The van der Waals surface area contributed by atoms with Crippen molar-refractivity contribution in [1.29, 1.82) is 0 Å². The molecular formula is C18H21N3O2S. The largest absolute Gasteiger partial charge is 0.331 e. The number of fused-ring (bicyclic) bond motifs is 1. The van der Waals surface area contributed by atoms with E-state index in [1.165, 1.54) is 0 Å². The van der Waals surface area contributed by atoms with E-state index >= 15 is 0 Å². The third-order valence-electron chi connectivity index (χ3n) is 4.26. The van der Waals surface area contributed by atoms with E-state index < -0.39 is 10.0 Å². The molecule has 126 valence electrons. The minimum absolute atomic E-state index is 0.334. The zero-order chi connectivity index (χ0) is 17.3. The van der Waals surface area contributed by atoms with Crippen molar-refractivity contribution in [3.8, 4) is 0 Å². The van der Waals surface area contributed by atoms with Crippen molar-refractivity contribution in [3.05, 3.63) is 59.4 Å². The van der Waals surface area contributed by atoms with E-state index in [1.54, 1.807) is 25.1 Å². The summed E-state index contributed by atoms with van der Waals surface area (Å²) in [5.74, 6) is 0.961. The highest BCUT2D eigenvalue weighted by Gasteiger charge is 2.15. The molecule has 6 heteroatoms. The Morgan fingerprint density at radius 2 is 1.88 bits per heavy atom. The van der Waals surface area contributed by atoms with Gasteiger partial charge in [-0.2, -0.15) is 0 Å². The molecule has 0 fully saturated rings. The van der Waals surface area contributed by atoms with Crippen molar-refractivity contribution in [3.63, 3.8) is 0 Å². The van der Waals surface area contributed by atoms with Gasteiger partial charge in [0.15, 0.2) is 0 Å². The third kappa shape index (κ3) is 3.20. The Labute approximate surface area is 142 Å². The van der Waals surface area contributed by atoms with Crippen molar-refractivity contribution in [1.82, 2.24) is 14.3 Å². The lowest BCUT2D eigenvalue weighted by Crippen LogP contribution is -2.26. The lowest BCUT2D eigenvalue weighted by atomic mass is 10.1. The molecule has 0 saturated carbocycles. The van der Waals surface area contributed by atoms with Crippen LogP contribution in [0.2, 0.25) is 0 Å². The average Bonchev–Trinajstić information content (AvgIpc) is 2.82. The molecule has 5 nitrogen and oxygen atoms in total. The van der Waals surface area contributed by atoms with Crippen LogP contribution in [0.1, 0.15) is 17.0 Å². The predicted molar refractivity (Wildman–Crippen MR) is 95.5 cm³/mol. The Balaban J connectivity index is 1.71. The molecule has 0 amide bonds. The monoisotopic (exact) mass is 343 g/mol. The molecule has 0 aliphatic rings. The van der Waals surface area contributed by atoms with Crippen LogP contribution in [0.4, 0.5) is 0 Å². The first-order chi connectivity index (χ1) is 11.4. The van der Waals surface area contributed by atoms with Crippen LogP contribution >= 0.6 is 0 Å². The second kappa shape index (κ2) is 6.37. The molecular weight excluding hydrogens is 322 g/mol.